The summed E-state index contributed by atoms with van der Waals surface area (Å²) in [6.07, 6.45) is 7.07. The number of carbonyl (C=O) groups is 1. The SMILES string of the molecule is CCCC1CCC(=NNC(=O)c2cccc(C)c2)CC1. The smallest absolute Gasteiger partial charge is 0.267 e. The number of hydrazone groups is 1. The number of hydrogen-bond donors (Lipinski definition) is 1. The van der Waals surface area contributed by atoms with Crippen LogP contribution < -0.4 is 5.43 Å². The Hall–Kier alpha value is -1.64. The maximum atomic E-state index is 12.0. The van der Waals surface area contributed by atoms with Crippen LogP contribution in [0.15, 0.2) is 29.4 Å². The van der Waals surface area contributed by atoms with Gasteiger partial charge in [0, 0.05) is 11.3 Å². The monoisotopic (exact) mass is 272 g/mol. The molecule has 1 aliphatic carbocycles. The first-order valence-electron chi connectivity index (χ1n) is 7.61. The molecule has 0 aromatic heterocycles. The molecule has 0 saturated heterocycles. The van der Waals surface area contributed by atoms with Crippen LogP contribution in [-0.2, 0) is 0 Å². The third kappa shape index (κ3) is 4.19. The topological polar surface area (TPSA) is 41.5 Å². The summed E-state index contributed by atoms with van der Waals surface area (Å²) < 4.78 is 0. The Balaban J connectivity index is 1.86. The fourth-order valence-corrected chi connectivity index (χ4v) is 2.80. The van der Waals surface area contributed by atoms with E-state index in [0.29, 0.717) is 5.56 Å². The van der Waals surface area contributed by atoms with E-state index < -0.39 is 0 Å². The van der Waals surface area contributed by atoms with E-state index in [1.807, 2.05) is 31.2 Å². The van der Waals surface area contributed by atoms with Crippen molar-refractivity contribution in [3.8, 4) is 0 Å². The molecule has 1 fully saturated rings. The van der Waals surface area contributed by atoms with E-state index in [9.17, 15) is 4.79 Å². The molecule has 0 unspecified atom stereocenters. The van der Waals surface area contributed by atoms with E-state index in [2.05, 4.69) is 17.5 Å². The van der Waals surface area contributed by atoms with Crippen molar-refractivity contribution in [3.63, 3.8) is 0 Å². The van der Waals surface area contributed by atoms with E-state index >= 15 is 0 Å². The number of nitrogens with zero attached hydrogens (tertiary/aromatic N) is 1. The summed E-state index contributed by atoms with van der Waals surface area (Å²) in [7, 11) is 0. The first-order chi connectivity index (χ1) is 9.69. The third-order valence-electron chi connectivity index (χ3n) is 3.98. The molecule has 1 aromatic rings. The van der Waals surface area contributed by atoms with Gasteiger partial charge in [0.15, 0.2) is 0 Å². The summed E-state index contributed by atoms with van der Waals surface area (Å²) >= 11 is 0. The summed E-state index contributed by atoms with van der Waals surface area (Å²) in [6, 6.07) is 7.58. The number of hydrogen-bond acceptors (Lipinski definition) is 2. The van der Waals surface area contributed by atoms with Crippen molar-refractivity contribution in [1.29, 1.82) is 0 Å². The highest BCUT2D eigenvalue weighted by Crippen LogP contribution is 2.25. The van der Waals surface area contributed by atoms with Crippen LogP contribution in [0.5, 0.6) is 0 Å². The molecule has 108 valence electrons. The largest absolute Gasteiger partial charge is 0.271 e. The van der Waals surface area contributed by atoms with Crippen molar-refractivity contribution in [2.24, 2.45) is 11.0 Å². The van der Waals surface area contributed by atoms with Gasteiger partial charge < -0.3 is 0 Å². The number of carbonyl (C=O) groups excluding carboxylic acids is 1. The average molecular weight is 272 g/mol. The Morgan fingerprint density at radius 3 is 2.75 bits per heavy atom. The molecule has 1 saturated carbocycles. The molecule has 3 heteroatoms. The van der Waals surface area contributed by atoms with Gasteiger partial charge in [-0.15, -0.1) is 0 Å². The molecule has 20 heavy (non-hydrogen) atoms. The molecule has 0 spiro atoms. The number of rotatable bonds is 4. The van der Waals surface area contributed by atoms with Crippen LogP contribution in [0.3, 0.4) is 0 Å². The van der Waals surface area contributed by atoms with Crippen molar-refractivity contribution < 1.29 is 4.79 Å². The Labute approximate surface area is 121 Å². The maximum Gasteiger partial charge on any atom is 0.271 e. The Morgan fingerprint density at radius 2 is 2.10 bits per heavy atom. The first kappa shape index (κ1) is 14.8. The number of benzene rings is 1. The zero-order chi connectivity index (χ0) is 14.4. The van der Waals surface area contributed by atoms with Gasteiger partial charge in [-0.1, -0.05) is 37.5 Å². The van der Waals surface area contributed by atoms with Gasteiger partial charge in [0.1, 0.15) is 0 Å². The number of amides is 1. The fraction of sp³-hybridized carbons (Fsp3) is 0.529. The van der Waals surface area contributed by atoms with Gasteiger partial charge in [-0.25, -0.2) is 5.43 Å². The molecular formula is C17H24N2O. The summed E-state index contributed by atoms with van der Waals surface area (Å²) in [4.78, 5) is 12.0. The maximum absolute atomic E-state index is 12.0. The van der Waals surface area contributed by atoms with Crippen LogP contribution in [-0.4, -0.2) is 11.6 Å². The quantitative estimate of drug-likeness (QED) is 0.825. The van der Waals surface area contributed by atoms with Gasteiger partial charge in [0.2, 0.25) is 0 Å². The lowest BCUT2D eigenvalue weighted by Crippen LogP contribution is -2.22. The van der Waals surface area contributed by atoms with Crippen LogP contribution in [0, 0.1) is 12.8 Å². The van der Waals surface area contributed by atoms with Gasteiger partial charge in [-0.05, 0) is 50.7 Å². The molecule has 2 rings (SSSR count). The first-order valence-corrected chi connectivity index (χ1v) is 7.61. The van der Waals surface area contributed by atoms with Crippen molar-refractivity contribution in [2.75, 3.05) is 0 Å². The highest BCUT2D eigenvalue weighted by molar-refractivity contribution is 5.95. The summed E-state index contributed by atoms with van der Waals surface area (Å²) in [6.45, 7) is 4.23. The highest BCUT2D eigenvalue weighted by Gasteiger charge is 2.17. The van der Waals surface area contributed by atoms with E-state index in [0.717, 1.165) is 30.0 Å². The van der Waals surface area contributed by atoms with Gasteiger partial charge in [-0.2, -0.15) is 5.10 Å². The average Bonchev–Trinajstić information content (AvgIpc) is 2.46. The molecule has 0 aliphatic heterocycles. The lowest BCUT2D eigenvalue weighted by atomic mass is 9.85. The Morgan fingerprint density at radius 1 is 1.35 bits per heavy atom. The predicted octanol–water partition coefficient (Wildman–Crippen LogP) is 4.07. The van der Waals surface area contributed by atoms with Crippen molar-refractivity contribution in [2.45, 2.75) is 52.4 Å². The van der Waals surface area contributed by atoms with E-state index in [-0.39, 0.29) is 5.91 Å². The molecule has 1 N–H and O–H groups in total. The van der Waals surface area contributed by atoms with Crippen LogP contribution in [0.2, 0.25) is 0 Å². The molecule has 1 amide bonds. The van der Waals surface area contributed by atoms with Gasteiger partial charge in [0.25, 0.3) is 5.91 Å². The van der Waals surface area contributed by atoms with Crippen molar-refractivity contribution in [1.82, 2.24) is 5.43 Å². The second-order valence-corrected chi connectivity index (χ2v) is 5.72. The molecule has 0 heterocycles. The molecule has 0 radical (unpaired) electrons. The van der Waals surface area contributed by atoms with Crippen molar-refractivity contribution in [3.05, 3.63) is 35.4 Å². The highest BCUT2D eigenvalue weighted by atomic mass is 16.2. The van der Waals surface area contributed by atoms with Gasteiger partial charge >= 0.3 is 0 Å². The second-order valence-electron chi connectivity index (χ2n) is 5.72. The summed E-state index contributed by atoms with van der Waals surface area (Å²) in [5, 5.41) is 4.30. The van der Waals surface area contributed by atoms with Crippen LogP contribution in [0.25, 0.3) is 0 Å². The van der Waals surface area contributed by atoms with Crippen LogP contribution in [0.1, 0.15) is 61.4 Å². The van der Waals surface area contributed by atoms with Gasteiger partial charge in [0.05, 0.1) is 0 Å². The Kier molecular flexibility index (Phi) is 5.33. The molecule has 1 aliphatic rings. The normalized spacial score (nSPS) is 18.7. The predicted molar refractivity (Wildman–Crippen MR) is 82.9 cm³/mol. The molecular weight excluding hydrogens is 248 g/mol. The lowest BCUT2D eigenvalue weighted by molar-refractivity contribution is 0.0954. The lowest BCUT2D eigenvalue weighted by Gasteiger charge is -2.22. The second kappa shape index (κ2) is 7.22. The van der Waals surface area contributed by atoms with E-state index in [1.54, 1.807) is 0 Å². The minimum Gasteiger partial charge on any atom is -0.267 e. The molecule has 0 atom stereocenters. The number of aryl methyl sites for hydroxylation is 1. The minimum absolute atomic E-state index is 0.114. The standard InChI is InChI=1S/C17H24N2O/c1-3-5-14-8-10-16(11-9-14)18-19-17(20)15-7-4-6-13(2)12-15/h4,6-7,12,14H,3,5,8-11H2,1-2H3,(H,19,20). The molecule has 3 nitrogen and oxygen atoms in total. The number of nitrogens with one attached hydrogen (secondary N) is 1. The summed E-state index contributed by atoms with van der Waals surface area (Å²) in [5.41, 5.74) is 5.59. The van der Waals surface area contributed by atoms with E-state index in [4.69, 9.17) is 0 Å². The van der Waals surface area contributed by atoms with Crippen LogP contribution >= 0.6 is 0 Å². The van der Waals surface area contributed by atoms with Crippen LogP contribution in [0.4, 0.5) is 0 Å². The zero-order valence-corrected chi connectivity index (χ0v) is 12.5. The van der Waals surface area contributed by atoms with Crippen molar-refractivity contribution >= 4 is 11.6 Å². The summed E-state index contributed by atoms with van der Waals surface area (Å²) in [5.74, 6) is 0.739. The van der Waals surface area contributed by atoms with Gasteiger partial charge in [-0.3, -0.25) is 4.79 Å². The third-order valence-corrected chi connectivity index (χ3v) is 3.98. The van der Waals surface area contributed by atoms with E-state index in [1.165, 1.54) is 25.7 Å². The Bertz CT molecular complexity index is 484. The minimum atomic E-state index is -0.114. The molecule has 1 aromatic carbocycles. The zero-order valence-electron chi connectivity index (χ0n) is 12.5. The molecule has 0 bridgehead atoms. The fourth-order valence-electron chi connectivity index (χ4n) is 2.80.